The van der Waals surface area contributed by atoms with Crippen molar-refractivity contribution in [3.05, 3.63) is 58.2 Å². The number of hydrogen-bond acceptors (Lipinski definition) is 4. The Hall–Kier alpha value is -2.43. The molecular weight excluding hydrogens is 309 g/mol. The van der Waals surface area contributed by atoms with Gasteiger partial charge in [-0.25, -0.2) is 9.18 Å². The van der Waals surface area contributed by atoms with Crippen LogP contribution in [0.2, 0.25) is 0 Å². The Balaban J connectivity index is 1.95. The van der Waals surface area contributed by atoms with E-state index in [1.165, 1.54) is 6.07 Å². The van der Waals surface area contributed by atoms with Crippen molar-refractivity contribution in [3.63, 3.8) is 0 Å². The van der Waals surface area contributed by atoms with Crippen LogP contribution in [-0.4, -0.2) is 18.4 Å². The van der Waals surface area contributed by atoms with Crippen molar-refractivity contribution in [1.82, 2.24) is 5.32 Å². The van der Waals surface area contributed by atoms with Gasteiger partial charge in [-0.15, -0.1) is 0 Å². The van der Waals surface area contributed by atoms with E-state index < -0.39 is 23.1 Å². The van der Waals surface area contributed by atoms with Crippen molar-refractivity contribution in [2.75, 3.05) is 6.61 Å². The molecule has 1 aliphatic carbocycles. The quantitative estimate of drug-likeness (QED) is 0.806. The molecule has 3 aliphatic rings. The Bertz CT molecular complexity index is 835. The summed E-state index contributed by atoms with van der Waals surface area (Å²) in [6.07, 6.45) is 1.42. The lowest BCUT2D eigenvalue weighted by molar-refractivity contribution is -0.136. The number of allylic oxidation sites excluding steroid dienone is 2. The van der Waals surface area contributed by atoms with Crippen molar-refractivity contribution >= 4 is 11.8 Å². The van der Waals surface area contributed by atoms with E-state index in [1.807, 2.05) is 13.8 Å². The van der Waals surface area contributed by atoms with E-state index in [2.05, 4.69) is 5.32 Å². The molecule has 2 aliphatic heterocycles. The first kappa shape index (κ1) is 15.1. The Labute approximate surface area is 139 Å². The lowest BCUT2D eigenvalue weighted by Gasteiger charge is -2.38. The van der Waals surface area contributed by atoms with Crippen LogP contribution in [0.4, 0.5) is 4.39 Å². The number of dihydropyridines is 1. The number of ketones is 1. The molecule has 124 valence electrons. The third kappa shape index (κ3) is 2.04. The highest BCUT2D eigenvalue weighted by Crippen LogP contribution is 2.48. The lowest BCUT2D eigenvalue weighted by atomic mass is 9.67. The second kappa shape index (κ2) is 5.03. The second-order valence-corrected chi connectivity index (χ2v) is 7.15. The van der Waals surface area contributed by atoms with Crippen molar-refractivity contribution in [2.24, 2.45) is 5.41 Å². The van der Waals surface area contributed by atoms with E-state index in [-0.39, 0.29) is 12.4 Å². The van der Waals surface area contributed by atoms with Crippen LogP contribution in [0.5, 0.6) is 0 Å². The predicted octanol–water partition coefficient (Wildman–Crippen LogP) is 2.97. The van der Waals surface area contributed by atoms with Crippen LogP contribution in [0.25, 0.3) is 0 Å². The van der Waals surface area contributed by atoms with Gasteiger partial charge in [0.15, 0.2) is 5.78 Å². The van der Waals surface area contributed by atoms with E-state index >= 15 is 0 Å². The van der Waals surface area contributed by atoms with Crippen LogP contribution in [0.1, 0.15) is 38.2 Å². The standard InChI is InChI=1S/C19H18FNO3/c1-19(2)8-7-12-15(17(19)22)14(10-5-3-4-6-11(10)20)16-13(21-12)9-24-18(16)23/h3-6,14,21H,7-9H2,1-2H3. The zero-order valence-corrected chi connectivity index (χ0v) is 13.6. The molecule has 0 amide bonds. The first-order valence-corrected chi connectivity index (χ1v) is 8.09. The molecule has 1 aromatic carbocycles. The maximum atomic E-state index is 14.5. The van der Waals surface area contributed by atoms with Crippen molar-refractivity contribution in [1.29, 1.82) is 0 Å². The molecule has 0 saturated carbocycles. The number of halogens is 1. The fraction of sp³-hybridized carbons (Fsp3) is 0.368. The van der Waals surface area contributed by atoms with Gasteiger partial charge in [0, 0.05) is 22.2 Å². The summed E-state index contributed by atoms with van der Waals surface area (Å²) in [5.74, 6) is -1.62. The molecule has 1 N–H and O–H groups in total. The van der Waals surface area contributed by atoms with Gasteiger partial charge in [0.1, 0.15) is 12.4 Å². The van der Waals surface area contributed by atoms with Crippen molar-refractivity contribution < 1.29 is 18.7 Å². The Morgan fingerprint density at radius 1 is 1.17 bits per heavy atom. The number of hydrogen-bond donors (Lipinski definition) is 1. The van der Waals surface area contributed by atoms with Gasteiger partial charge < -0.3 is 10.1 Å². The summed E-state index contributed by atoms with van der Waals surface area (Å²) in [5.41, 5.74) is 2.15. The topological polar surface area (TPSA) is 55.4 Å². The minimum Gasteiger partial charge on any atom is -0.456 e. The number of carbonyl (C=O) groups excluding carboxylic acids is 2. The van der Waals surface area contributed by atoms with Gasteiger partial charge in [0.05, 0.1) is 17.2 Å². The molecule has 0 radical (unpaired) electrons. The highest BCUT2D eigenvalue weighted by Gasteiger charge is 2.47. The number of Topliss-reactive ketones (excluding diaryl/α,β-unsaturated/α-hetero) is 1. The summed E-state index contributed by atoms with van der Waals surface area (Å²) < 4.78 is 19.7. The zero-order chi connectivity index (χ0) is 17.1. The molecule has 1 atom stereocenters. The van der Waals surface area contributed by atoms with Crippen LogP contribution >= 0.6 is 0 Å². The summed E-state index contributed by atoms with van der Waals surface area (Å²) in [6, 6.07) is 6.32. The predicted molar refractivity (Wildman–Crippen MR) is 85.3 cm³/mol. The average molecular weight is 327 g/mol. The number of cyclic esters (lactones) is 1. The smallest absolute Gasteiger partial charge is 0.337 e. The lowest BCUT2D eigenvalue weighted by Crippen LogP contribution is -2.40. The Morgan fingerprint density at radius 2 is 1.92 bits per heavy atom. The summed E-state index contributed by atoms with van der Waals surface area (Å²) >= 11 is 0. The Morgan fingerprint density at radius 3 is 2.67 bits per heavy atom. The van der Waals surface area contributed by atoms with Crippen LogP contribution in [0.15, 0.2) is 46.8 Å². The second-order valence-electron chi connectivity index (χ2n) is 7.15. The third-order valence-electron chi connectivity index (χ3n) is 5.17. The van der Waals surface area contributed by atoms with E-state index in [1.54, 1.807) is 18.2 Å². The number of esters is 1. The molecule has 0 fully saturated rings. The minimum absolute atomic E-state index is 0.0317. The fourth-order valence-electron chi connectivity index (χ4n) is 3.78. The van der Waals surface area contributed by atoms with Gasteiger partial charge in [-0.05, 0) is 18.9 Å². The van der Waals surface area contributed by atoms with E-state index in [4.69, 9.17) is 4.74 Å². The van der Waals surface area contributed by atoms with Crippen LogP contribution in [0.3, 0.4) is 0 Å². The molecule has 4 rings (SSSR count). The summed E-state index contributed by atoms with van der Waals surface area (Å²) in [7, 11) is 0. The molecular formula is C19H18FNO3. The molecule has 1 aromatic rings. The molecule has 0 saturated heterocycles. The first-order valence-electron chi connectivity index (χ1n) is 8.09. The van der Waals surface area contributed by atoms with Gasteiger partial charge in [-0.2, -0.15) is 0 Å². The van der Waals surface area contributed by atoms with Gasteiger partial charge in [-0.3, -0.25) is 4.79 Å². The summed E-state index contributed by atoms with van der Waals surface area (Å²) in [6.45, 7) is 3.94. The highest BCUT2D eigenvalue weighted by molar-refractivity contribution is 6.07. The molecule has 2 heterocycles. The molecule has 5 heteroatoms. The van der Waals surface area contributed by atoms with Crippen LogP contribution < -0.4 is 5.32 Å². The number of benzene rings is 1. The molecule has 24 heavy (non-hydrogen) atoms. The van der Waals surface area contributed by atoms with E-state index in [0.717, 1.165) is 12.1 Å². The number of carbonyl (C=O) groups is 2. The molecule has 0 aromatic heterocycles. The molecule has 0 bridgehead atoms. The number of ether oxygens (including phenoxy) is 1. The average Bonchev–Trinajstić information content (AvgIpc) is 2.91. The molecule has 0 spiro atoms. The van der Waals surface area contributed by atoms with Crippen molar-refractivity contribution in [2.45, 2.75) is 32.6 Å². The Kier molecular flexibility index (Phi) is 3.17. The van der Waals surface area contributed by atoms with Gasteiger partial charge >= 0.3 is 5.97 Å². The summed E-state index contributed by atoms with van der Waals surface area (Å²) in [4.78, 5) is 25.3. The van der Waals surface area contributed by atoms with Gasteiger partial charge in [0.25, 0.3) is 0 Å². The SMILES string of the molecule is CC1(C)CCC2=C(C1=O)C(c1ccccc1F)C1=C(COC1=O)N2. The maximum absolute atomic E-state index is 14.5. The third-order valence-corrected chi connectivity index (χ3v) is 5.17. The van der Waals surface area contributed by atoms with Crippen molar-refractivity contribution in [3.8, 4) is 0 Å². The molecule has 4 nitrogen and oxygen atoms in total. The van der Waals surface area contributed by atoms with E-state index in [9.17, 15) is 14.0 Å². The number of nitrogens with one attached hydrogen (secondary N) is 1. The number of rotatable bonds is 1. The first-order chi connectivity index (χ1) is 11.4. The normalized spacial score (nSPS) is 25.2. The fourth-order valence-corrected chi connectivity index (χ4v) is 3.78. The highest BCUT2D eigenvalue weighted by atomic mass is 19.1. The van der Waals surface area contributed by atoms with Crippen LogP contribution in [0, 0.1) is 11.2 Å². The zero-order valence-electron chi connectivity index (χ0n) is 13.6. The van der Waals surface area contributed by atoms with Crippen LogP contribution in [-0.2, 0) is 14.3 Å². The largest absolute Gasteiger partial charge is 0.456 e. The minimum atomic E-state index is -0.695. The monoisotopic (exact) mass is 327 g/mol. The van der Waals surface area contributed by atoms with E-state index in [0.29, 0.717) is 28.8 Å². The maximum Gasteiger partial charge on any atom is 0.337 e. The van der Waals surface area contributed by atoms with Gasteiger partial charge in [0.2, 0.25) is 0 Å². The summed E-state index contributed by atoms with van der Waals surface area (Å²) in [5, 5.41) is 3.21. The van der Waals surface area contributed by atoms with Gasteiger partial charge in [-0.1, -0.05) is 32.0 Å². The molecule has 1 unspecified atom stereocenters.